The van der Waals surface area contributed by atoms with E-state index in [2.05, 4.69) is 10.2 Å². The average Bonchev–Trinajstić information content (AvgIpc) is 3.04. The van der Waals surface area contributed by atoms with Crippen molar-refractivity contribution in [1.29, 1.82) is 0 Å². The van der Waals surface area contributed by atoms with Crippen LogP contribution in [0.3, 0.4) is 0 Å². The van der Waals surface area contributed by atoms with Gasteiger partial charge >= 0.3 is 0 Å². The molecule has 0 bridgehead atoms. The largest absolute Gasteiger partial charge is 0.381 e. The molecule has 3 unspecified atom stereocenters. The molecule has 0 spiro atoms. The Morgan fingerprint density at radius 2 is 2.06 bits per heavy atom. The summed E-state index contributed by atoms with van der Waals surface area (Å²) < 4.78 is 5.41. The highest BCUT2D eigenvalue weighted by Gasteiger charge is 2.34. The third-order valence-corrected chi connectivity index (χ3v) is 5.16. The van der Waals surface area contributed by atoms with Gasteiger partial charge in [0.2, 0.25) is 0 Å². The zero-order valence-corrected chi connectivity index (χ0v) is 11.6. The van der Waals surface area contributed by atoms with Crippen LogP contribution in [0, 0.1) is 11.8 Å². The van der Waals surface area contributed by atoms with Crippen molar-refractivity contribution in [2.75, 3.05) is 39.4 Å². The van der Waals surface area contributed by atoms with Crippen LogP contribution in [-0.4, -0.2) is 50.3 Å². The molecule has 1 saturated carbocycles. The monoisotopic (exact) mass is 252 g/mol. The fourth-order valence-electron chi connectivity index (χ4n) is 4.05. The minimum Gasteiger partial charge on any atom is -0.381 e. The molecule has 3 heteroatoms. The Labute approximate surface area is 111 Å². The topological polar surface area (TPSA) is 24.5 Å². The van der Waals surface area contributed by atoms with E-state index in [9.17, 15) is 0 Å². The molecular weight excluding hydrogens is 224 g/mol. The Morgan fingerprint density at radius 1 is 1.11 bits per heavy atom. The maximum atomic E-state index is 5.41. The summed E-state index contributed by atoms with van der Waals surface area (Å²) in [7, 11) is 0. The van der Waals surface area contributed by atoms with Crippen molar-refractivity contribution in [2.24, 2.45) is 11.8 Å². The molecule has 3 aliphatic rings. The number of likely N-dealkylation sites (tertiary alicyclic amines) is 1. The number of nitrogens with one attached hydrogen (secondary N) is 1. The van der Waals surface area contributed by atoms with E-state index < -0.39 is 0 Å². The third kappa shape index (κ3) is 3.06. The zero-order valence-electron chi connectivity index (χ0n) is 11.6. The van der Waals surface area contributed by atoms with Crippen molar-refractivity contribution in [1.82, 2.24) is 10.2 Å². The van der Waals surface area contributed by atoms with Gasteiger partial charge in [-0.15, -0.1) is 0 Å². The van der Waals surface area contributed by atoms with Gasteiger partial charge in [0.05, 0.1) is 6.61 Å². The highest BCUT2D eigenvalue weighted by Crippen LogP contribution is 2.35. The van der Waals surface area contributed by atoms with Crippen LogP contribution in [0.4, 0.5) is 0 Å². The van der Waals surface area contributed by atoms with Gasteiger partial charge in [0, 0.05) is 32.3 Å². The first-order valence-electron chi connectivity index (χ1n) is 7.96. The smallest absolute Gasteiger partial charge is 0.0507 e. The molecule has 0 radical (unpaired) electrons. The number of ether oxygens (including phenoxy) is 1. The highest BCUT2D eigenvalue weighted by molar-refractivity contribution is 4.89. The predicted octanol–water partition coefficient (Wildman–Crippen LogP) is 1.88. The molecule has 3 rings (SSSR count). The Hall–Kier alpha value is -0.120. The molecule has 1 aliphatic carbocycles. The summed E-state index contributed by atoms with van der Waals surface area (Å²) in [4.78, 5) is 2.75. The summed E-state index contributed by atoms with van der Waals surface area (Å²) in [6.07, 6.45) is 8.61. The van der Waals surface area contributed by atoms with Crippen LogP contribution in [0.1, 0.15) is 38.5 Å². The minimum absolute atomic E-state index is 0.769. The lowest BCUT2D eigenvalue weighted by Crippen LogP contribution is -2.39. The van der Waals surface area contributed by atoms with Crippen LogP contribution in [0.15, 0.2) is 0 Å². The molecule has 2 aliphatic heterocycles. The first-order valence-corrected chi connectivity index (χ1v) is 7.96. The van der Waals surface area contributed by atoms with Gasteiger partial charge in [0.25, 0.3) is 0 Å². The van der Waals surface area contributed by atoms with E-state index in [-0.39, 0.29) is 0 Å². The standard InChI is InChI=1S/C15H28N2O/c1-2-4-15-14(3-1)5-8-17(15)9-7-16-11-13-6-10-18-12-13/h13-16H,1-12H2. The van der Waals surface area contributed by atoms with Crippen molar-refractivity contribution >= 4 is 0 Å². The Kier molecular flexibility index (Phi) is 4.55. The maximum absolute atomic E-state index is 5.41. The lowest BCUT2D eigenvalue weighted by Gasteiger charge is -2.31. The maximum Gasteiger partial charge on any atom is 0.0507 e. The van der Waals surface area contributed by atoms with Gasteiger partial charge in [-0.2, -0.15) is 0 Å². The number of fused-ring (bicyclic) bond motifs is 1. The quantitative estimate of drug-likeness (QED) is 0.756. The molecule has 0 aromatic heterocycles. The number of hydrogen-bond acceptors (Lipinski definition) is 3. The summed E-state index contributed by atoms with van der Waals surface area (Å²) >= 11 is 0. The van der Waals surface area contributed by atoms with E-state index in [0.717, 1.165) is 37.6 Å². The Balaban J connectivity index is 1.33. The molecule has 0 amide bonds. The number of hydrogen-bond donors (Lipinski definition) is 1. The van der Waals surface area contributed by atoms with E-state index in [1.165, 1.54) is 58.2 Å². The van der Waals surface area contributed by atoms with Gasteiger partial charge < -0.3 is 10.1 Å². The average molecular weight is 252 g/mol. The van der Waals surface area contributed by atoms with Crippen LogP contribution < -0.4 is 5.32 Å². The van der Waals surface area contributed by atoms with Gasteiger partial charge in [0.15, 0.2) is 0 Å². The lowest BCUT2D eigenvalue weighted by molar-refractivity contribution is 0.177. The molecule has 3 atom stereocenters. The molecule has 104 valence electrons. The summed E-state index contributed by atoms with van der Waals surface area (Å²) in [5.74, 6) is 1.80. The molecule has 0 aromatic rings. The van der Waals surface area contributed by atoms with Crippen molar-refractivity contribution in [3.8, 4) is 0 Å². The highest BCUT2D eigenvalue weighted by atomic mass is 16.5. The van der Waals surface area contributed by atoms with Crippen molar-refractivity contribution in [3.63, 3.8) is 0 Å². The second-order valence-corrected chi connectivity index (χ2v) is 6.37. The van der Waals surface area contributed by atoms with Gasteiger partial charge in [-0.1, -0.05) is 12.8 Å². The first kappa shape index (κ1) is 12.9. The second-order valence-electron chi connectivity index (χ2n) is 6.37. The second kappa shape index (κ2) is 6.36. The molecular formula is C15H28N2O. The fraction of sp³-hybridized carbons (Fsp3) is 1.00. The molecule has 1 N–H and O–H groups in total. The van der Waals surface area contributed by atoms with Gasteiger partial charge in [-0.05, 0) is 44.1 Å². The SMILES string of the molecule is C1CCC2C(C1)CCN2CCNCC1CCOC1. The van der Waals surface area contributed by atoms with Crippen molar-refractivity contribution < 1.29 is 4.74 Å². The van der Waals surface area contributed by atoms with Gasteiger partial charge in [0.1, 0.15) is 0 Å². The lowest BCUT2D eigenvalue weighted by atomic mass is 9.85. The summed E-state index contributed by atoms with van der Waals surface area (Å²) in [6.45, 7) is 6.88. The Morgan fingerprint density at radius 3 is 2.94 bits per heavy atom. The van der Waals surface area contributed by atoms with Crippen LogP contribution in [-0.2, 0) is 4.74 Å². The van der Waals surface area contributed by atoms with Crippen LogP contribution in [0.5, 0.6) is 0 Å². The molecule has 3 fully saturated rings. The van der Waals surface area contributed by atoms with Crippen LogP contribution in [0.2, 0.25) is 0 Å². The fourth-order valence-corrected chi connectivity index (χ4v) is 4.05. The molecule has 0 aromatic carbocycles. The number of nitrogens with zero attached hydrogens (tertiary/aromatic N) is 1. The van der Waals surface area contributed by atoms with Gasteiger partial charge in [-0.3, -0.25) is 4.90 Å². The Bertz CT molecular complexity index is 253. The van der Waals surface area contributed by atoms with E-state index in [1.54, 1.807) is 0 Å². The van der Waals surface area contributed by atoms with E-state index in [0.29, 0.717) is 0 Å². The minimum atomic E-state index is 0.769. The normalized spacial score (nSPS) is 37.0. The van der Waals surface area contributed by atoms with E-state index >= 15 is 0 Å². The third-order valence-electron chi connectivity index (χ3n) is 5.16. The van der Waals surface area contributed by atoms with Crippen molar-refractivity contribution in [3.05, 3.63) is 0 Å². The van der Waals surface area contributed by atoms with Crippen molar-refractivity contribution in [2.45, 2.75) is 44.6 Å². The molecule has 3 nitrogen and oxygen atoms in total. The summed E-state index contributed by atoms with van der Waals surface area (Å²) in [6, 6.07) is 0.926. The first-order chi connectivity index (χ1) is 8.93. The molecule has 2 saturated heterocycles. The van der Waals surface area contributed by atoms with Gasteiger partial charge in [-0.25, -0.2) is 0 Å². The number of rotatable bonds is 5. The van der Waals surface area contributed by atoms with E-state index in [4.69, 9.17) is 4.74 Å². The summed E-state index contributed by atoms with van der Waals surface area (Å²) in [5.41, 5.74) is 0. The predicted molar refractivity (Wildman–Crippen MR) is 73.7 cm³/mol. The van der Waals surface area contributed by atoms with Crippen LogP contribution in [0.25, 0.3) is 0 Å². The molecule has 2 heterocycles. The van der Waals surface area contributed by atoms with E-state index in [1.807, 2.05) is 0 Å². The van der Waals surface area contributed by atoms with Crippen LogP contribution >= 0.6 is 0 Å². The zero-order chi connectivity index (χ0) is 12.2. The summed E-state index contributed by atoms with van der Waals surface area (Å²) in [5, 5.41) is 3.63. The molecule has 18 heavy (non-hydrogen) atoms.